The first kappa shape index (κ1) is 12.2. The van der Waals surface area contributed by atoms with E-state index in [1.165, 1.54) is 0 Å². The molecule has 0 aliphatic heterocycles. The highest BCUT2D eigenvalue weighted by Gasteiger charge is 2.10. The van der Waals surface area contributed by atoms with E-state index in [1.54, 1.807) is 12.1 Å². The number of para-hydroxylation sites is 2. The molecular weight excluding hydrogens is 250 g/mol. The Balaban J connectivity index is 2.06. The van der Waals surface area contributed by atoms with E-state index in [4.69, 9.17) is 5.26 Å². The molecule has 0 aliphatic rings. The van der Waals surface area contributed by atoms with E-state index in [-0.39, 0.29) is 12.2 Å². The van der Waals surface area contributed by atoms with Gasteiger partial charge >= 0.3 is 0 Å². The highest BCUT2D eigenvalue weighted by molar-refractivity contribution is 5.76. The van der Waals surface area contributed by atoms with Gasteiger partial charge in [-0.25, -0.2) is 4.98 Å². The number of hydrogen-bond acceptors (Lipinski definition) is 3. The summed E-state index contributed by atoms with van der Waals surface area (Å²) >= 11 is 0. The Kier molecular flexibility index (Phi) is 3.10. The molecule has 4 heteroatoms. The van der Waals surface area contributed by atoms with Crippen molar-refractivity contribution in [1.82, 2.24) is 9.55 Å². The Morgan fingerprint density at radius 3 is 2.60 bits per heavy atom. The Bertz CT molecular complexity index is 782. The van der Waals surface area contributed by atoms with E-state index in [0.29, 0.717) is 6.54 Å². The lowest BCUT2D eigenvalue weighted by molar-refractivity contribution is 0.475. The Morgan fingerprint density at radius 2 is 1.85 bits per heavy atom. The summed E-state index contributed by atoms with van der Waals surface area (Å²) in [6.45, 7) is 0.637. The van der Waals surface area contributed by atoms with Crippen molar-refractivity contribution < 1.29 is 5.11 Å². The van der Waals surface area contributed by atoms with Gasteiger partial charge in [0.25, 0.3) is 0 Å². The summed E-state index contributed by atoms with van der Waals surface area (Å²) < 4.78 is 2.05. The molecule has 0 bridgehead atoms. The predicted molar refractivity (Wildman–Crippen MR) is 76.3 cm³/mol. The lowest BCUT2D eigenvalue weighted by Crippen LogP contribution is -2.04. The monoisotopic (exact) mass is 263 g/mol. The third-order valence-corrected chi connectivity index (χ3v) is 3.25. The predicted octanol–water partition coefficient (Wildman–Crippen LogP) is 2.86. The zero-order valence-electron chi connectivity index (χ0n) is 10.8. The number of fused-ring (bicyclic) bond motifs is 1. The molecule has 3 rings (SSSR count). The van der Waals surface area contributed by atoms with Crippen molar-refractivity contribution in [1.29, 1.82) is 5.26 Å². The summed E-state index contributed by atoms with van der Waals surface area (Å²) in [5.74, 6) is 1.02. The topological polar surface area (TPSA) is 61.8 Å². The van der Waals surface area contributed by atoms with Crippen LogP contribution in [0.25, 0.3) is 11.0 Å². The molecule has 1 N–H and O–H groups in total. The van der Waals surface area contributed by atoms with Crippen molar-refractivity contribution in [3.05, 3.63) is 59.9 Å². The van der Waals surface area contributed by atoms with Crippen molar-refractivity contribution in [3.63, 3.8) is 0 Å². The fourth-order valence-electron chi connectivity index (χ4n) is 2.29. The molecule has 0 aliphatic carbocycles. The second-order valence-corrected chi connectivity index (χ2v) is 4.60. The van der Waals surface area contributed by atoms with Crippen molar-refractivity contribution in [2.45, 2.75) is 13.0 Å². The van der Waals surface area contributed by atoms with Gasteiger partial charge < -0.3 is 9.67 Å². The van der Waals surface area contributed by atoms with Crippen LogP contribution in [0.2, 0.25) is 0 Å². The van der Waals surface area contributed by atoms with Crippen LogP contribution in [0.5, 0.6) is 5.75 Å². The second kappa shape index (κ2) is 5.06. The summed E-state index contributed by atoms with van der Waals surface area (Å²) in [6, 6.07) is 17.1. The van der Waals surface area contributed by atoms with Gasteiger partial charge in [0.1, 0.15) is 11.6 Å². The minimum absolute atomic E-state index is 0.251. The Labute approximate surface area is 116 Å². The molecule has 2 aromatic carbocycles. The van der Waals surface area contributed by atoms with E-state index in [1.807, 2.05) is 41.0 Å². The third kappa shape index (κ3) is 2.21. The van der Waals surface area contributed by atoms with Crippen LogP contribution >= 0.6 is 0 Å². The number of imidazole rings is 1. The molecule has 98 valence electrons. The van der Waals surface area contributed by atoms with E-state index in [0.717, 1.165) is 22.4 Å². The zero-order valence-corrected chi connectivity index (χ0v) is 10.8. The van der Waals surface area contributed by atoms with Crippen LogP contribution in [0.1, 0.15) is 11.4 Å². The molecular formula is C16H13N3O. The van der Waals surface area contributed by atoms with E-state index in [9.17, 15) is 5.11 Å². The van der Waals surface area contributed by atoms with Crippen LogP contribution < -0.4 is 0 Å². The normalized spacial score (nSPS) is 10.6. The zero-order chi connectivity index (χ0) is 13.9. The maximum Gasteiger partial charge on any atom is 0.124 e. The van der Waals surface area contributed by atoms with E-state index >= 15 is 0 Å². The molecule has 1 heterocycles. The summed E-state index contributed by atoms with van der Waals surface area (Å²) in [4.78, 5) is 4.51. The van der Waals surface area contributed by atoms with Crippen LogP contribution in [-0.4, -0.2) is 14.7 Å². The highest BCUT2D eigenvalue weighted by atomic mass is 16.3. The fourth-order valence-corrected chi connectivity index (χ4v) is 2.29. The number of phenols is 1. The molecule has 0 saturated carbocycles. The molecule has 0 radical (unpaired) electrons. The Hall–Kier alpha value is -2.80. The lowest BCUT2D eigenvalue weighted by atomic mass is 10.2. The molecule has 0 spiro atoms. The van der Waals surface area contributed by atoms with Crippen LogP contribution in [0.4, 0.5) is 0 Å². The number of nitriles is 1. The number of aromatic hydroxyl groups is 1. The van der Waals surface area contributed by atoms with Gasteiger partial charge in [0.15, 0.2) is 0 Å². The quantitative estimate of drug-likeness (QED) is 0.790. The minimum atomic E-state index is 0.251. The molecule has 0 fully saturated rings. The minimum Gasteiger partial charge on any atom is -0.508 e. The average Bonchev–Trinajstić information content (AvgIpc) is 2.80. The number of aromatic nitrogens is 2. The maximum absolute atomic E-state index is 9.33. The SMILES string of the molecule is N#CCc1nc2ccccc2n1Cc1ccc(O)cc1. The Morgan fingerprint density at radius 1 is 1.10 bits per heavy atom. The number of rotatable bonds is 3. The molecule has 0 unspecified atom stereocenters. The molecule has 1 aromatic heterocycles. The summed E-state index contributed by atoms with van der Waals surface area (Å²) in [5.41, 5.74) is 2.98. The van der Waals surface area contributed by atoms with Gasteiger partial charge in [-0.1, -0.05) is 24.3 Å². The van der Waals surface area contributed by atoms with Gasteiger partial charge in [-0.3, -0.25) is 0 Å². The van der Waals surface area contributed by atoms with Crippen LogP contribution in [0.3, 0.4) is 0 Å². The largest absolute Gasteiger partial charge is 0.508 e. The maximum atomic E-state index is 9.33. The van der Waals surface area contributed by atoms with E-state index < -0.39 is 0 Å². The lowest BCUT2D eigenvalue weighted by Gasteiger charge is -2.08. The van der Waals surface area contributed by atoms with Crippen LogP contribution in [0.15, 0.2) is 48.5 Å². The van der Waals surface area contributed by atoms with Crippen molar-refractivity contribution >= 4 is 11.0 Å². The first-order chi connectivity index (χ1) is 9.78. The average molecular weight is 263 g/mol. The third-order valence-electron chi connectivity index (χ3n) is 3.25. The fraction of sp³-hybridized carbons (Fsp3) is 0.125. The van der Waals surface area contributed by atoms with E-state index in [2.05, 4.69) is 11.1 Å². The molecule has 0 amide bonds. The standard InChI is InChI=1S/C16H13N3O/c17-10-9-16-18-14-3-1-2-4-15(14)19(16)11-12-5-7-13(20)8-6-12/h1-8,20H,9,11H2. The van der Waals surface area contributed by atoms with Gasteiger partial charge in [-0.15, -0.1) is 0 Å². The highest BCUT2D eigenvalue weighted by Crippen LogP contribution is 2.19. The van der Waals surface area contributed by atoms with Gasteiger partial charge in [0, 0.05) is 6.54 Å². The molecule has 0 saturated heterocycles. The van der Waals surface area contributed by atoms with Crippen molar-refractivity contribution in [3.8, 4) is 11.8 Å². The summed E-state index contributed by atoms with van der Waals surface area (Å²) in [6.07, 6.45) is 0.284. The van der Waals surface area contributed by atoms with Crippen molar-refractivity contribution in [2.75, 3.05) is 0 Å². The molecule has 4 nitrogen and oxygen atoms in total. The molecule has 3 aromatic rings. The first-order valence-electron chi connectivity index (χ1n) is 6.37. The smallest absolute Gasteiger partial charge is 0.124 e. The van der Waals surface area contributed by atoms with Gasteiger partial charge in [0.2, 0.25) is 0 Å². The summed E-state index contributed by atoms with van der Waals surface area (Å²) in [7, 11) is 0. The van der Waals surface area contributed by atoms with Crippen LogP contribution in [0, 0.1) is 11.3 Å². The molecule has 0 atom stereocenters. The van der Waals surface area contributed by atoms with Gasteiger partial charge in [-0.2, -0.15) is 5.26 Å². The number of nitrogens with zero attached hydrogens (tertiary/aromatic N) is 3. The van der Waals surface area contributed by atoms with Gasteiger partial charge in [0.05, 0.1) is 23.5 Å². The van der Waals surface area contributed by atoms with Crippen molar-refractivity contribution in [2.24, 2.45) is 0 Å². The number of phenolic OH excluding ortho intramolecular Hbond substituents is 1. The van der Waals surface area contributed by atoms with Crippen LogP contribution in [-0.2, 0) is 13.0 Å². The molecule has 20 heavy (non-hydrogen) atoms. The number of hydrogen-bond donors (Lipinski definition) is 1. The van der Waals surface area contributed by atoms with Gasteiger partial charge in [-0.05, 0) is 29.8 Å². The first-order valence-corrected chi connectivity index (χ1v) is 6.37. The second-order valence-electron chi connectivity index (χ2n) is 4.60. The summed E-state index contributed by atoms with van der Waals surface area (Å²) in [5, 5.41) is 18.3. The number of benzene rings is 2.